The third-order valence-electron chi connectivity index (χ3n) is 4.15. The summed E-state index contributed by atoms with van der Waals surface area (Å²) in [6.45, 7) is 14.6. The fraction of sp³-hybridized carbons (Fsp3) is 0.765. The van der Waals surface area contributed by atoms with Gasteiger partial charge in [0.15, 0.2) is 0 Å². The van der Waals surface area contributed by atoms with E-state index >= 15 is 0 Å². The normalized spacial score (nSPS) is 13.1. The van der Waals surface area contributed by atoms with Crippen molar-refractivity contribution in [1.29, 1.82) is 0 Å². The number of halogens is 1. The van der Waals surface area contributed by atoms with Gasteiger partial charge in [-0.2, -0.15) is 0 Å². The molecule has 0 bridgehead atoms. The lowest BCUT2D eigenvalue weighted by Gasteiger charge is -2.38. The third kappa shape index (κ3) is 6.81. The molecule has 0 unspecified atom stereocenters. The van der Waals surface area contributed by atoms with Gasteiger partial charge in [-0.3, -0.25) is 0 Å². The van der Waals surface area contributed by atoms with Crippen LogP contribution >= 0.6 is 27.3 Å². The van der Waals surface area contributed by atoms with Crippen LogP contribution < -0.4 is 5.32 Å². The first-order chi connectivity index (χ1) is 9.69. The average Bonchev–Trinajstić information content (AvgIpc) is 2.79. The average molecular weight is 375 g/mol. The maximum Gasteiger partial charge on any atom is 0.0325 e. The number of hydrogen-bond donors (Lipinski definition) is 1. The molecule has 0 spiro atoms. The molecule has 1 aromatic heterocycles. The molecule has 1 heterocycles. The van der Waals surface area contributed by atoms with E-state index in [9.17, 15) is 0 Å². The minimum atomic E-state index is 0.187. The Labute approximate surface area is 143 Å². The molecule has 1 rings (SSSR count). The number of thiophene rings is 1. The van der Waals surface area contributed by atoms with Crippen LogP contribution in [0.15, 0.2) is 15.9 Å². The lowest BCUT2D eigenvalue weighted by Crippen LogP contribution is -2.47. The molecule has 0 atom stereocenters. The molecule has 21 heavy (non-hydrogen) atoms. The summed E-state index contributed by atoms with van der Waals surface area (Å²) in [4.78, 5) is 3.89. The van der Waals surface area contributed by atoms with Crippen molar-refractivity contribution in [2.24, 2.45) is 5.41 Å². The van der Waals surface area contributed by atoms with Crippen LogP contribution in [0.5, 0.6) is 0 Å². The van der Waals surface area contributed by atoms with E-state index in [2.05, 4.69) is 79.3 Å². The minimum absolute atomic E-state index is 0.187. The SMILES string of the molecule is CCC(CC)(CNC(C)(C)C)CN(C)Cc1cc(Br)cs1. The van der Waals surface area contributed by atoms with Gasteiger partial charge in [-0.25, -0.2) is 0 Å². The van der Waals surface area contributed by atoms with Gasteiger partial charge < -0.3 is 10.2 Å². The lowest BCUT2D eigenvalue weighted by atomic mass is 9.81. The number of nitrogens with zero attached hydrogens (tertiary/aromatic N) is 1. The van der Waals surface area contributed by atoms with Crippen molar-refractivity contribution < 1.29 is 0 Å². The van der Waals surface area contributed by atoms with Gasteiger partial charge in [0.05, 0.1) is 0 Å². The molecular weight excluding hydrogens is 344 g/mol. The third-order valence-corrected chi connectivity index (χ3v) is 5.83. The van der Waals surface area contributed by atoms with Crippen molar-refractivity contribution in [3.63, 3.8) is 0 Å². The van der Waals surface area contributed by atoms with Gasteiger partial charge in [0.25, 0.3) is 0 Å². The highest BCUT2D eigenvalue weighted by Crippen LogP contribution is 2.29. The first kappa shape index (κ1) is 19.1. The fourth-order valence-corrected chi connectivity index (χ4v) is 4.09. The van der Waals surface area contributed by atoms with Gasteiger partial charge in [0.2, 0.25) is 0 Å². The predicted molar refractivity (Wildman–Crippen MR) is 99.1 cm³/mol. The van der Waals surface area contributed by atoms with E-state index in [1.807, 2.05) is 11.3 Å². The van der Waals surface area contributed by atoms with Gasteiger partial charge in [0.1, 0.15) is 0 Å². The van der Waals surface area contributed by atoms with Crippen LogP contribution in [-0.4, -0.2) is 30.6 Å². The quantitative estimate of drug-likeness (QED) is 0.677. The van der Waals surface area contributed by atoms with Crippen molar-refractivity contribution in [3.8, 4) is 0 Å². The predicted octanol–water partition coefficient (Wildman–Crippen LogP) is 5.14. The number of rotatable bonds is 8. The first-order valence-electron chi connectivity index (χ1n) is 7.86. The van der Waals surface area contributed by atoms with Gasteiger partial charge in [-0.1, -0.05) is 13.8 Å². The largest absolute Gasteiger partial charge is 0.311 e. The van der Waals surface area contributed by atoms with Crippen LogP contribution in [0.4, 0.5) is 0 Å². The fourth-order valence-electron chi connectivity index (χ4n) is 2.56. The van der Waals surface area contributed by atoms with E-state index in [1.54, 1.807) is 0 Å². The molecule has 2 nitrogen and oxygen atoms in total. The zero-order valence-electron chi connectivity index (χ0n) is 14.4. The molecule has 0 saturated heterocycles. The Bertz CT molecular complexity index is 419. The van der Waals surface area contributed by atoms with Crippen LogP contribution in [-0.2, 0) is 6.54 Å². The molecule has 1 aromatic rings. The van der Waals surface area contributed by atoms with E-state index < -0.39 is 0 Å². The number of nitrogens with one attached hydrogen (secondary N) is 1. The zero-order chi connectivity index (χ0) is 16.1. The van der Waals surface area contributed by atoms with Gasteiger partial charge in [-0.15, -0.1) is 11.3 Å². The van der Waals surface area contributed by atoms with Crippen LogP contribution in [0.25, 0.3) is 0 Å². The minimum Gasteiger partial charge on any atom is -0.311 e. The van der Waals surface area contributed by atoms with Gasteiger partial charge in [-0.05, 0) is 68.1 Å². The van der Waals surface area contributed by atoms with E-state index in [-0.39, 0.29) is 5.54 Å². The zero-order valence-corrected chi connectivity index (χ0v) is 16.8. The molecule has 0 aliphatic heterocycles. The summed E-state index contributed by atoms with van der Waals surface area (Å²) in [5.41, 5.74) is 0.545. The van der Waals surface area contributed by atoms with Crippen molar-refractivity contribution in [2.45, 2.75) is 59.5 Å². The summed E-state index contributed by atoms with van der Waals surface area (Å²) < 4.78 is 1.20. The maximum atomic E-state index is 3.71. The molecule has 0 aliphatic rings. The van der Waals surface area contributed by atoms with E-state index in [4.69, 9.17) is 0 Å². The summed E-state index contributed by atoms with van der Waals surface area (Å²) >= 11 is 5.37. The second-order valence-corrected chi connectivity index (χ2v) is 9.13. The molecule has 0 amide bonds. The summed E-state index contributed by atoms with van der Waals surface area (Å²) in [5, 5.41) is 5.87. The second kappa shape index (κ2) is 8.09. The molecule has 122 valence electrons. The standard InChI is InChI=1S/C17H31BrN2S/c1-7-17(8-2,12-19-16(3,4)5)13-20(6)10-15-9-14(18)11-21-15/h9,11,19H,7-8,10,12-13H2,1-6H3. The highest BCUT2D eigenvalue weighted by Gasteiger charge is 2.29. The highest BCUT2D eigenvalue weighted by molar-refractivity contribution is 9.10. The van der Waals surface area contributed by atoms with Crippen LogP contribution in [0.1, 0.15) is 52.3 Å². The second-order valence-electron chi connectivity index (χ2n) is 7.21. The highest BCUT2D eigenvalue weighted by atomic mass is 79.9. The topological polar surface area (TPSA) is 15.3 Å². The Kier molecular flexibility index (Phi) is 7.38. The summed E-state index contributed by atoms with van der Waals surface area (Å²) in [5.74, 6) is 0. The Morgan fingerprint density at radius 2 is 1.86 bits per heavy atom. The Morgan fingerprint density at radius 3 is 2.29 bits per heavy atom. The van der Waals surface area contributed by atoms with E-state index in [1.165, 1.54) is 22.2 Å². The molecule has 0 aliphatic carbocycles. The maximum absolute atomic E-state index is 3.71. The van der Waals surface area contributed by atoms with Crippen molar-refractivity contribution >= 4 is 27.3 Å². The van der Waals surface area contributed by atoms with Crippen LogP contribution in [0.3, 0.4) is 0 Å². The Morgan fingerprint density at radius 1 is 1.24 bits per heavy atom. The van der Waals surface area contributed by atoms with Crippen LogP contribution in [0.2, 0.25) is 0 Å². The molecule has 1 N–H and O–H groups in total. The van der Waals surface area contributed by atoms with Crippen molar-refractivity contribution in [2.75, 3.05) is 20.1 Å². The van der Waals surface area contributed by atoms with Gasteiger partial charge >= 0.3 is 0 Å². The smallest absolute Gasteiger partial charge is 0.0325 e. The van der Waals surface area contributed by atoms with E-state index in [0.29, 0.717) is 5.41 Å². The van der Waals surface area contributed by atoms with Gasteiger partial charge in [0, 0.05) is 39.9 Å². The summed E-state index contributed by atoms with van der Waals surface area (Å²) in [6, 6.07) is 2.23. The summed E-state index contributed by atoms with van der Waals surface area (Å²) in [7, 11) is 2.24. The molecule has 0 aromatic carbocycles. The Balaban J connectivity index is 2.63. The monoisotopic (exact) mass is 374 g/mol. The van der Waals surface area contributed by atoms with Crippen LogP contribution in [0, 0.1) is 5.41 Å². The number of hydrogen-bond acceptors (Lipinski definition) is 3. The molecular formula is C17H31BrN2S. The first-order valence-corrected chi connectivity index (χ1v) is 9.53. The van der Waals surface area contributed by atoms with Crippen molar-refractivity contribution in [1.82, 2.24) is 10.2 Å². The van der Waals surface area contributed by atoms with Crippen molar-refractivity contribution in [3.05, 3.63) is 20.8 Å². The molecule has 0 radical (unpaired) electrons. The van der Waals surface area contributed by atoms with E-state index in [0.717, 1.165) is 19.6 Å². The summed E-state index contributed by atoms with van der Waals surface area (Å²) in [6.07, 6.45) is 2.43. The lowest BCUT2D eigenvalue weighted by molar-refractivity contribution is 0.141. The Hall–Kier alpha value is 0.1000. The molecule has 0 saturated carbocycles. The molecule has 0 fully saturated rings. The molecule has 4 heteroatoms.